The Hall–Kier alpha value is -8.24. The van der Waals surface area contributed by atoms with Crippen molar-refractivity contribution in [3.63, 3.8) is 0 Å². The molecule has 2 aliphatic rings. The first kappa shape index (κ1) is 31.8. The number of rotatable bonds is 4. The van der Waals surface area contributed by atoms with Gasteiger partial charge in [0.2, 0.25) is 11.6 Å². The molecule has 0 atom stereocenters. The normalized spacial score (nSPS) is 13.5. The van der Waals surface area contributed by atoms with Gasteiger partial charge in [-0.3, -0.25) is 17.9 Å². The van der Waals surface area contributed by atoms with Gasteiger partial charge < -0.3 is 14.4 Å². The second kappa shape index (κ2) is 11.7. The van der Waals surface area contributed by atoms with E-state index in [4.69, 9.17) is 9.97 Å². The zero-order chi connectivity index (χ0) is 39.1. The van der Waals surface area contributed by atoms with Crippen LogP contribution >= 0.6 is 0 Å². The zero-order valence-corrected chi connectivity index (χ0v) is 32.1. The minimum atomic E-state index is -0.143. The van der Waals surface area contributed by atoms with E-state index in [0.29, 0.717) is 0 Å². The molecule has 0 amide bonds. The number of benzene rings is 8. The van der Waals surface area contributed by atoms with Crippen LogP contribution in [0.3, 0.4) is 0 Å². The van der Waals surface area contributed by atoms with Gasteiger partial charge in [-0.2, -0.15) is 0 Å². The highest BCUT2D eigenvalue weighted by Crippen LogP contribution is 2.55. The molecule has 0 saturated heterocycles. The third-order valence-electron chi connectivity index (χ3n) is 12.4. The molecule has 280 valence electrons. The second-order valence-electron chi connectivity index (χ2n) is 15.6. The number of anilines is 6. The van der Waals surface area contributed by atoms with Crippen LogP contribution in [0.5, 0.6) is 0 Å². The highest BCUT2D eigenvalue weighted by Gasteiger charge is 2.53. The van der Waals surface area contributed by atoms with Crippen LogP contribution in [0, 0.1) is 0 Å². The first-order chi connectivity index (χ1) is 29.8. The highest BCUT2D eigenvalue weighted by molar-refractivity contribution is 6.80. The molecule has 9 nitrogen and oxygen atoms in total. The van der Waals surface area contributed by atoms with Gasteiger partial charge in [0.1, 0.15) is 0 Å². The maximum absolute atomic E-state index is 5.39. The SMILES string of the molecule is c1ccc(N2B3N(c4ccc5nc6n(-c7cccc(-n8c9ccccc9n9c%10ccccc%10nc89)c7)c7ccccc7n6c5c4)c4ccccc4N3c3ccccc32)cc1. The van der Waals surface area contributed by atoms with E-state index in [1.54, 1.807) is 0 Å². The van der Waals surface area contributed by atoms with E-state index >= 15 is 0 Å². The summed E-state index contributed by atoms with van der Waals surface area (Å²) in [5.41, 5.74) is 17.4. The molecular formula is C50H32BN9. The van der Waals surface area contributed by atoms with E-state index in [-0.39, 0.29) is 7.12 Å². The average molecular weight is 770 g/mol. The van der Waals surface area contributed by atoms with E-state index in [0.717, 1.165) is 84.1 Å². The summed E-state index contributed by atoms with van der Waals surface area (Å²) in [6, 6.07) is 69.2. The summed E-state index contributed by atoms with van der Waals surface area (Å²) in [4.78, 5) is 17.9. The van der Waals surface area contributed by atoms with Gasteiger partial charge >= 0.3 is 7.12 Å². The Morgan fingerprint density at radius 1 is 0.300 bits per heavy atom. The van der Waals surface area contributed by atoms with Gasteiger partial charge in [0.05, 0.1) is 78.3 Å². The molecule has 0 N–H and O–H groups in total. The van der Waals surface area contributed by atoms with Crippen LogP contribution in [0.25, 0.3) is 67.1 Å². The van der Waals surface area contributed by atoms with Crippen molar-refractivity contribution in [1.82, 2.24) is 27.9 Å². The van der Waals surface area contributed by atoms with Crippen molar-refractivity contribution in [2.75, 3.05) is 14.4 Å². The lowest BCUT2D eigenvalue weighted by atomic mass is 9.86. The van der Waals surface area contributed by atoms with Crippen molar-refractivity contribution in [2.24, 2.45) is 0 Å². The number of fused-ring (bicyclic) bond motifs is 15. The first-order valence-corrected chi connectivity index (χ1v) is 20.3. The van der Waals surface area contributed by atoms with Crippen molar-refractivity contribution < 1.29 is 0 Å². The minimum absolute atomic E-state index is 0.143. The van der Waals surface area contributed by atoms with Gasteiger partial charge in [0, 0.05) is 11.4 Å². The van der Waals surface area contributed by atoms with Crippen LogP contribution in [-0.4, -0.2) is 35.0 Å². The van der Waals surface area contributed by atoms with Crippen molar-refractivity contribution in [3.8, 4) is 11.4 Å². The molecule has 0 radical (unpaired) electrons. The molecule has 14 rings (SSSR count). The summed E-state index contributed by atoms with van der Waals surface area (Å²) in [6.45, 7) is 0. The molecule has 2 aliphatic heterocycles. The van der Waals surface area contributed by atoms with Crippen LogP contribution in [0.15, 0.2) is 194 Å². The molecule has 0 fully saturated rings. The lowest BCUT2D eigenvalue weighted by Crippen LogP contribution is -2.51. The van der Waals surface area contributed by atoms with Gasteiger partial charge in [-0.1, -0.05) is 84.9 Å². The summed E-state index contributed by atoms with van der Waals surface area (Å²) >= 11 is 0. The van der Waals surface area contributed by atoms with Gasteiger partial charge in [-0.25, -0.2) is 9.97 Å². The molecule has 4 aromatic heterocycles. The molecule has 0 unspecified atom stereocenters. The predicted molar refractivity (Wildman–Crippen MR) is 244 cm³/mol. The molecule has 6 heterocycles. The van der Waals surface area contributed by atoms with Crippen molar-refractivity contribution in [1.29, 1.82) is 0 Å². The highest BCUT2D eigenvalue weighted by atomic mass is 15.4. The average Bonchev–Trinajstić information content (AvgIpc) is 4.13. The molecule has 0 aliphatic carbocycles. The predicted octanol–water partition coefficient (Wildman–Crippen LogP) is 11.6. The van der Waals surface area contributed by atoms with E-state index in [1.807, 2.05) is 6.07 Å². The summed E-state index contributed by atoms with van der Waals surface area (Å²) in [5, 5.41) is 0. The molecule has 0 saturated carbocycles. The smallest absolute Gasteiger partial charge is 0.344 e. The monoisotopic (exact) mass is 769 g/mol. The Kier molecular flexibility index (Phi) is 6.19. The maximum Gasteiger partial charge on any atom is 0.519 e. The quantitative estimate of drug-likeness (QED) is 0.167. The topological polar surface area (TPSA) is 54.2 Å². The Morgan fingerprint density at radius 3 is 1.37 bits per heavy atom. The van der Waals surface area contributed by atoms with E-state index in [1.165, 1.54) is 17.1 Å². The summed E-state index contributed by atoms with van der Waals surface area (Å²) in [5.74, 6) is 1.74. The Labute approximate surface area is 343 Å². The van der Waals surface area contributed by atoms with E-state index in [9.17, 15) is 0 Å². The molecular weight excluding hydrogens is 737 g/mol. The standard InChI is InChI=1S/C50H32BN9/c1-2-15-33(16-3-1)58-44-25-10-12-27-46(44)60-47-28-13-11-26-45(47)59(51(58)60)36-29-30-38-48(32-36)57-43-24-9-7-22-41(43)55(50(57)53-38)35-18-14-17-34(31-35)54-40-21-6-8-23-42(40)56-39-20-5-4-19-37(39)52-49(54)56/h1-32H. The number of para-hydroxylation sites is 11. The van der Waals surface area contributed by atoms with Crippen molar-refractivity contribution >= 4 is 96.9 Å². The van der Waals surface area contributed by atoms with Crippen LogP contribution in [0.1, 0.15) is 0 Å². The van der Waals surface area contributed by atoms with Crippen LogP contribution < -0.4 is 14.4 Å². The number of hydrogen-bond acceptors (Lipinski definition) is 5. The first-order valence-electron chi connectivity index (χ1n) is 20.3. The Bertz CT molecular complexity index is 3710. The third kappa shape index (κ3) is 4.11. The van der Waals surface area contributed by atoms with Crippen LogP contribution in [-0.2, 0) is 0 Å². The molecule has 10 heteroatoms. The maximum atomic E-state index is 5.39. The van der Waals surface area contributed by atoms with E-state index < -0.39 is 0 Å². The minimum Gasteiger partial charge on any atom is -0.344 e. The number of imidazole rings is 4. The fourth-order valence-corrected chi connectivity index (χ4v) is 10.0. The van der Waals surface area contributed by atoms with Gasteiger partial charge in [0.15, 0.2) is 0 Å². The van der Waals surface area contributed by atoms with Crippen LogP contribution in [0.4, 0.5) is 34.1 Å². The number of aromatic nitrogens is 6. The summed E-state index contributed by atoms with van der Waals surface area (Å²) in [6.07, 6.45) is 0. The molecule has 12 aromatic rings. The van der Waals surface area contributed by atoms with Gasteiger partial charge in [-0.15, -0.1) is 0 Å². The largest absolute Gasteiger partial charge is 0.519 e. The van der Waals surface area contributed by atoms with E-state index in [2.05, 4.69) is 220 Å². The van der Waals surface area contributed by atoms with Gasteiger partial charge in [-0.05, 0) is 109 Å². The summed E-state index contributed by atoms with van der Waals surface area (Å²) < 4.78 is 9.15. The fourth-order valence-electron chi connectivity index (χ4n) is 10.0. The summed E-state index contributed by atoms with van der Waals surface area (Å²) in [7, 11) is -0.143. The molecule has 8 aromatic carbocycles. The van der Waals surface area contributed by atoms with Gasteiger partial charge in [0.25, 0.3) is 0 Å². The number of nitrogens with zero attached hydrogens (tertiary/aromatic N) is 9. The Balaban J connectivity index is 0.968. The fraction of sp³-hybridized carbons (Fsp3) is 0. The third-order valence-corrected chi connectivity index (χ3v) is 12.4. The zero-order valence-electron chi connectivity index (χ0n) is 32.1. The van der Waals surface area contributed by atoms with Crippen molar-refractivity contribution in [3.05, 3.63) is 194 Å². The molecule has 0 spiro atoms. The Morgan fingerprint density at radius 2 is 0.750 bits per heavy atom. The lowest BCUT2D eigenvalue weighted by Gasteiger charge is -2.31. The number of hydrogen-bond donors (Lipinski definition) is 0. The van der Waals surface area contributed by atoms with Crippen molar-refractivity contribution in [2.45, 2.75) is 0 Å². The second-order valence-corrected chi connectivity index (χ2v) is 15.6. The lowest BCUT2D eigenvalue weighted by molar-refractivity contribution is 1.08. The van der Waals surface area contributed by atoms with Crippen LogP contribution in [0.2, 0.25) is 0 Å². The molecule has 60 heavy (non-hydrogen) atoms. The molecule has 0 bridgehead atoms.